The molecule has 0 saturated heterocycles. The number of hydrogen-bond donors (Lipinski definition) is 1. The summed E-state index contributed by atoms with van der Waals surface area (Å²) >= 11 is 1.43. The van der Waals surface area contributed by atoms with Gasteiger partial charge in [-0.05, 0) is 36.8 Å². The third-order valence-electron chi connectivity index (χ3n) is 3.76. The van der Waals surface area contributed by atoms with E-state index in [0.29, 0.717) is 0 Å². The van der Waals surface area contributed by atoms with Crippen molar-refractivity contribution in [1.29, 1.82) is 0 Å². The second kappa shape index (κ2) is 6.09. The van der Waals surface area contributed by atoms with Crippen LogP contribution in [0.2, 0.25) is 0 Å². The maximum Gasteiger partial charge on any atom is 0.142 e. The highest BCUT2D eigenvalue weighted by Gasteiger charge is 2.11. The van der Waals surface area contributed by atoms with Crippen molar-refractivity contribution in [2.45, 2.75) is 16.8 Å². The van der Waals surface area contributed by atoms with E-state index in [1.807, 2.05) is 12.1 Å². The van der Waals surface area contributed by atoms with Gasteiger partial charge in [0.25, 0.3) is 0 Å². The first-order valence-electron chi connectivity index (χ1n) is 7.53. The molecule has 0 atom stereocenters. The van der Waals surface area contributed by atoms with Crippen LogP contribution in [0.3, 0.4) is 0 Å². The molecule has 2 aromatic carbocycles. The van der Waals surface area contributed by atoms with Gasteiger partial charge in [-0.2, -0.15) is 0 Å². The van der Waals surface area contributed by atoms with E-state index >= 15 is 0 Å². The third kappa shape index (κ3) is 2.90. The third-order valence-corrected chi connectivity index (χ3v) is 4.77. The molecule has 118 valence electrons. The standard InChI is InChI=1S/C19H14FN3S/c1-12-5-7-13(8-6-12)17-10-16-18(23-17)21-11-22-19(16)24-15-4-2-3-14(20)9-15/h2-11H,1H3,(H,21,22,23). The number of aromatic nitrogens is 3. The lowest BCUT2D eigenvalue weighted by Gasteiger charge is -2.01. The van der Waals surface area contributed by atoms with Gasteiger partial charge in [0.05, 0.1) is 5.39 Å². The van der Waals surface area contributed by atoms with Crippen molar-refractivity contribution in [3.05, 3.63) is 72.3 Å². The number of aryl methyl sites for hydroxylation is 1. The largest absolute Gasteiger partial charge is 0.339 e. The summed E-state index contributed by atoms with van der Waals surface area (Å²) in [6.07, 6.45) is 1.53. The molecule has 0 aliphatic carbocycles. The van der Waals surface area contributed by atoms with Gasteiger partial charge >= 0.3 is 0 Å². The average molecular weight is 335 g/mol. The summed E-state index contributed by atoms with van der Waals surface area (Å²) in [5.41, 5.74) is 4.09. The van der Waals surface area contributed by atoms with E-state index in [2.05, 4.69) is 46.1 Å². The number of hydrogen-bond acceptors (Lipinski definition) is 3. The number of halogens is 1. The fraction of sp³-hybridized carbons (Fsp3) is 0.0526. The van der Waals surface area contributed by atoms with Crippen LogP contribution in [0.15, 0.2) is 70.8 Å². The molecular weight excluding hydrogens is 321 g/mol. The summed E-state index contributed by atoms with van der Waals surface area (Å²) in [7, 11) is 0. The van der Waals surface area contributed by atoms with E-state index < -0.39 is 0 Å². The first-order valence-corrected chi connectivity index (χ1v) is 8.35. The summed E-state index contributed by atoms with van der Waals surface area (Å²) in [5, 5.41) is 1.74. The molecule has 0 fully saturated rings. The molecule has 0 bridgehead atoms. The predicted molar refractivity (Wildman–Crippen MR) is 94.6 cm³/mol. The Hall–Kier alpha value is -2.66. The lowest BCUT2D eigenvalue weighted by Crippen LogP contribution is -1.85. The molecule has 0 aliphatic rings. The summed E-state index contributed by atoms with van der Waals surface area (Å²) in [6, 6.07) is 16.9. The van der Waals surface area contributed by atoms with E-state index in [1.54, 1.807) is 6.07 Å². The maximum absolute atomic E-state index is 13.4. The van der Waals surface area contributed by atoms with E-state index in [9.17, 15) is 4.39 Å². The molecule has 0 aliphatic heterocycles. The molecular formula is C19H14FN3S. The molecule has 0 spiro atoms. The van der Waals surface area contributed by atoms with Crippen LogP contribution < -0.4 is 0 Å². The van der Waals surface area contributed by atoms with Crippen molar-refractivity contribution in [2.24, 2.45) is 0 Å². The van der Waals surface area contributed by atoms with Crippen molar-refractivity contribution in [2.75, 3.05) is 0 Å². The average Bonchev–Trinajstić information content (AvgIpc) is 3.01. The molecule has 3 nitrogen and oxygen atoms in total. The molecule has 4 aromatic rings. The highest BCUT2D eigenvalue weighted by Crippen LogP contribution is 2.33. The minimum atomic E-state index is -0.250. The van der Waals surface area contributed by atoms with Crippen LogP contribution in [0.5, 0.6) is 0 Å². The molecule has 5 heteroatoms. The van der Waals surface area contributed by atoms with Crippen LogP contribution in [-0.4, -0.2) is 15.0 Å². The second-order valence-corrected chi connectivity index (χ2v) is 6.61. The van der Waals surface area contributed by atoms with Gasteiger partial charge in [-0.3, -0.25) is 0 Å². The maximum atomic E-state index is 13.4. The SMILES string of the molecule is Cc1ccc(-c2cc3c(Sc4cccc(F)c4)ncnc3[nH]2)cc1. The van der Waals surface area contributed by atoms with Gasteiger partial charge in [-0.15, -0.1) is 0 Å². The normalized spacial score (nSPS) is 11.1. The zero-order valence-corrected chi connectivity index (χ0v) is 13.8. The van der Waals surface area contributed by atoms with E-state index in [-0.39, 0.29) is 5.82 Å². The first kappa shape index (κ1) is 14.9. The Balaban J connectivity index is 1.76. The van der Waals surface area contributed by atoms with Crippen LogP contribution in [0.4, 0.5) is 4.39 Å². The number of nitrogens with one attached hydrogen (secondary N) is 1. The zero-order chi connectivity index (χ0) is 16.5. The van der Waals surface area contributed by atoms with Crippen LogP contribution in [0, 0.1) is 12.7 Å². The van der Waals surface area contributed by atoms with Crippen molar-refractivity contribution in [3.8, 4) is 11.3 Å². The lowest BCUT2D eigenvalue weighted by atomic mass is 10.1. The number of benzene rings is 2. The van der Waals surface area contributed by atoms with Gasteiger partial charge < -0.3 is 4.98 Å². The predicted octanol–water partition coefficient (Wildman–Crippen LogP) is 5.22. The minimum Gasteiger partial charge on any atom is -0.339 e. The Labute approximate surface area is 143 Å². The van der Waals surface area contributed by atoms with Crippen LogP contribution in [0.1, 0.15) is 5.56 Å². The number of H-pyrrole nitrogens is 1. The van der Waals surface area contributed by atoms with Crippen molar-refractivity contribution < 1.29 is 4.39 Å². The first-order chi connectivity index (χ1) is 11.7. The van der Waals surface area contributed by atoms with Gasteiger partial charge in [0, 0.05) is 10.6 Å². The summed E-state index contributed by atoms with van der Waals surface area (Å²) < 4.78 is 13.4. The fourth-order valence-corrected chi connectivity index (χ4v) is 3.44. The van der Waals surface area contributed by atoms with Crippen LogP contribution >= 0.6 is 11.8 Å². The van der Waals surface area contributed by atoms with E-state index in [1.165, 1.54) is 35.8 Å². The molecule has 0 amide bonds. The molecule has 0 radical (unpaired) electrons. The molecule has 1 N–H and O–H groups in total. The smallest absolute Gasteiger partial charge is 0.142 e. The van der Waals surface area contributed by atoms with Crippen molar-refractivity contribution in [3.63, 3.8) is 0 Å². The zero-order valence-electron chi connectivity index (χ0n) is 13.0. The molecule has 0 saturated carbocycles. The fourth-order valence-electron chi connectivity index (χ4n) is 2.53. The monoisotopic (exact) mass is 335 g/mol. The van der Waals surface area contributed by atoms with Gasteiger partial charge in [0.15, 0.2) is 0 Å². The highest BCUT2D eigenvalue weighted by atomic mass is 32.2. The van der Waals surface area contributed by atoms with E-state index in [0.717, 1.165) is 32.2 Å². The number of nitrogens with zero attached hydrogens (tertiary/aromatic N) is 2. The van der Waals surface area contributed by atoms with Gasteiger partial charge in [0.2, 0.25) is 0 Å². The molecule has 24 heavy (non-hydrogen) atoms. The van der Waals surface area contributed by atoms with Gasteiger partial charge in [-0.1, -0.05) is 47.7 Å². The van der Waals surface area contributed by atoms with Gasteiger partial charge in [-0.25, -0.2) is 14.4 Å². The minimum absolute atomic E-state index is 0.250. The Morgan fingerprint density at radius 2 is 1.83 bits per heavy atom. The number of rotatable bonds is 3. The van der Waals surface area contributed by atoms with Crippen molar-refractivity contribution in [1.82, 2.24) is 15.0 Å². The molecule has 4 rings (SSSR count). The molecule has 0 unspecified atom stereocenters. The number of aromatic amines is 1. The van der Waals surface area contributed by atoms with Crippen LogP contribution in [0.25, 0.3) is 22.3 Å². The topological polar surface area (TPSA) is 41.6 Å². The molecule has 2 heterocycles. The lowest BCUT2D eigenvalue weighted by molar-refractivity contribution is 0.624. The highest BCUT2D eigenvalue weighted by molar-refractivity contribution is 7.99. The summed E-state index contributed by atoms with van der Waals surface area (Å²) in [4.78, 5) is 12.8. The number of fused-ring (bicyclic) bond motifs is 1. The Morgan fingerprint density at radius 1 is 1.00 bits per heavy atom. The Bertz CT molecular complexity index is 1010. The summed E-state index contributed by atoms with van der Waals surface area (Å²) in [6.45, 7) is 2.06. The molecule has 2 aromatic heterocycles. The van der Waals surface area contributed by atoms with Gasteiger partial charge in [0.1, 0.15) is 22.8 Å². The van der Waals surface area contributed by atoms with Crippen molar-refractivity contribution >= 4 is 22.8 Å². The Kier molecular flexibility index (Phi) is 3.78. The quantitative estimate of drug-likeness (QED) is 0.522. The van der Waals surface area contributed by atoms with E-state index in [4.69, 9.17) is 0 Å². The second-order valence-electron chi connectivity index (χ2n) is 5.55. The van der Waals surface area contributed by atoms with Crippen LogP contribution in [-0.2, 0) is 0 Å². The summed E-state index contributed by atoms with van der Waals surface area (Å²) in [5.74, 6) is -0.250. The Morgan fingerprint density at radius 3 is 2.62 bits per heavy atom.